The van der Waals surface area contributed by atoms with Gasteiger partial charge in [0, 0.05) is 25.9 Å². The number of carbonyl (C=O) groups is 1. The number of carbonyl (C=O) groups excluding carboxylic acids is 1. The maximum Gasteiger partial charge on any atom is 0.185 e. The van der Waals surface area contributed by atoms with Crippen molar-refractivity contribution in [1.29, 1.82) is 0 Å². The fourth-order valence-corrected chi connectivity index (χ4v) is 1.40. The van der Waals surface area contributed by atoms with E-state index < -0.39 is 0 Å². The van der Waals surface area contributed by atoms with E-state index in [-0.39, 0.29) is 5.78 Å². The Morgan fingerprint density at radius 1 is 1.33 bits per heavy atom. The Kier molecular flexibility index (Phi) is 2.58. The molecule has 0 amide bonds. The molecule has 2 heterocycles. The van der Waals surface area contributed by atoms with E-state index in [1.165, 1.54) is 0 Å². The van der Waals surface area contributed by atoms with Gasteiger partial charge in [-0.1, -0.05) is 0 Å². The molecule has 0 unspecified atom stereocenters. The van der Waals surface area contributed by atoms with Crippen LogP contribution in [0.15, 0.2) is 37.1 Å². The summed E-state index contributed by atoms with van der Waals surface area (Å²) in [5.74, 6) is 0.0706. The van der Waals surface area contributed by atoms with Gasteiger partial charge in [-0.2, -0.15) is 0 Å². The maximum atomic E-state index is 11.8. The van der Waals surface area contributed by atoms with Crippen molar-refractivity contribution in [3.63, 3.8) is 0 Å². The van der Waals surface area contributed by atoms with Crippen LogP contribution in [0.3, 0.4) is 0 Å². The zero-order chi connectivity index (χ0) is 10.7. The normalized spacial score (nSPS) is 10.2. The van der Waals surface area contributed by atoms with Gasteiger partial charge in [0.15, 0.2) is 5.78 Å². The summed E-state index contributed by atoms with van der Waals surface area (Å²) in [6, 6.07) is 3.68. The molecule has 0 N–H and O–H groups in total. The Balaban J connectivity index is 2.15. The zero-order valence-electron chi connectivity index (χ0n) is 8.42. The summed E-state index contributed by atoms with van der Waals surface area (Å²) in [6.45, 7) is 0. The van der Waals surface area contributed by atoms with Crippen LogP contribution in [0.1, 0.15) is 16.1 Å². The van der Waals surface area contributed by atoms with E-state index in [0.29, 0.717) is 12.1 Å². The van der Waals surface area contributed by atoms with Gasteiger partial charge in [0.2, 0.25) is 0 Å². The van der Waals surface area contributed by atoms with Crippen LogP contribution in [0.2, 0.25) is 0 Å². The molecule has 15 heavy (non-hydrogen) atoms. The van der Waals surface area contributed by atoms with Gasteiger partial charge in [0.05, 0.1) is 12.5 Å². The van der Waals surface area contributed by atoms with Crippen LogP contribution in [0.5, 0.6) is 0 Å². The second-order valence-corrected chi connectivity index (χ2v) is 3.35. The van der Waals surface area contributed by atoms with Gasteiger partial charge >= 0.3 is 0 Å². The molecule has 2 rings (SSSR count). The largest absolute Gasteiger partial charge is 0.331 e. The molecule has 0 atom stereocenters. The third-order valence-electron chi connectivity index (χ3n) is 2.22. The molecule has 4 nitrogen and oxygen atoms in total. The van der Waals surface area contributed by atoms with Crippen LogP contribution in [0, 0.1) is 0 Å². The summed E-state index contributed by atoms with van der Waals surface area (Å²) in [6.07, 6.45) is 6.98. The van der Waals surface area contributed by atoms with E-state index in [0.717, 1.165) is 5.56 Å². The third kappa shape index (κ3) is 2.10. The van der Waals surface area contributed by atoms with Crippen LogP contribution in [0.25, 0.3) is 0 Å². The van der Waals surface area contributed by atoms with Crippen molar-refractivity contribution in [2.45, 2.75) is 6.42 Å². The van der Waals surface area contributed by atoms with Crippen molar-refractivity contribution in [3.05, 3.63) is 48.3 Å². The topological polar surface area (TPSA) is 47.8 Å². The molecule has 0 spiro atoms. The van der Waals surface area contributed by atoms with Crippen molar-refractivity contribution >= 4 is 5.78 Å². The molecule has 4 heteroatoms. The van der Waals surface area contributed by atoms with Gasteiger partial charge in [-0.3, -0.25) is 9.78 Å². The van der Waals surface area contributed by atoms with Crippen LogP contribution in [-0.4, -0.2) is 20.3 Å². The van der Waals surface area contributed by atoms with Gasteiger partial charge in [-0.25, -0.2) is 4.98 Å². The molecular weight excluding hydrogens is 190 g/mol. The Labute approximate surface area is 87.6 Å². The fourth-order valence-electron chi connectivity index (χ4n) is 1.40. The summed E-state index contributed by atoms with van der Waals surface area (Å²) in [7, 11) is 1.81. The van der Waals surface area contributed by atoms with Crippen LogP contribution < -0.4 is 0 Å². The van der Waals surface area contributed by atoms with E-state index in [1.54, 1.807) is 29.5 Å². The second-order valence-electron chi connectivity index (χ2n) is 3.35. The number of ketones is 1. The van der Waals surface area contributed by atoms with Gasteiger partial charge in [0.1, 0.15) is 5.69 Å². The van der Waals surface area contributed by atoms with E-state index in [1.807, 2.05) is 19.2 Å². The minimum absolute atomic E-state index is 0.0706. The molecular formula is C11H11N3O. The minimum Gasteiger partial charge on any atom is -0.331 e. The number of pyridine rings is 1. The minimum atomic E-state index is 0.0706. The molecule has 76 valence electrons. The molecule has 0 aliphatic carbocycles. The fraction of sp³-hybridized carbons (Fsp3) is 0.182. The molecule has 0 fully saturated rings. The lowest BCUT2D eigenvalue weighted by Gasteiger charge is -2.01. The number of rotatable bonds is 3. The summed E-state index contributed by atoms with van der Waals surface area (Å²) < 4.78 is 1.73. The Morgan fingerprint density at radius 2 is 2.07 bits per heavy atom. The lowest BCUT2D eigenvalue weighted by Crippen LogP contribution is -2.08. The predicted molar refractivity (Wildman–Crippen MR) is 55.5 cm³/mol. The van der Waals surface area contributed by atoms with E-state index in [2.05, 4.69) is 9.97 Å². The van der Waals surface area contributed by atoms with E-state index >= 15 is 0 Å². The number of imidazole rings is 1. The number of hydrogen-bond donors (Lipinski definition) is 0. The molecule has 0 bridgehead atoms. The van der Waals surface area contributed by atoms with Crippen LogP contribution in [-0.2, 0) is 13.5 Å². The van der Waals surface area contributed by atoms with E-state index in [9.17, 15) is 4.79 Å². The molecule has 0 saturated heterocycles. The Morgan fingerprint density at radius 3 is 2.67 bits per heavy atom. The highest BCUT2D eigenvalue weighted by Crippen LogP contribution is 2.05. The molecule has 0 aliphatic rings. The number of aryl methyl sites for hydroxylation is 1. The number of Topliss-reactive ketones (excluding diaryl/α,β-unsaturated/α-hetero) is 1. The smallest absolute Gasteiger partial charge is 0.185 e. The number of hydrogen-bond acceptors (Lipinski definition) is 3. The lowest BCUT2D eigenvalue weighted by atomic mass is 10.1. The maximum absolute atomic E-state index is 11.8. The van der Waals surface area contributed by atoms with Crippen molar-refractivity contribution in [1.82, 2.24) is 14.5 Å². The SMILES string of the molecule is Cn1cncc1C(=O)Cc1ccncc1. The summed E-state index contributed by atoms with van der Waals surface area (Å²) in [4.78, 5) is 19.6. The monoisotopic (exact) mass is 201 g/mol. The predicted octanol–water partition coefficient (Wildman–Crippen LogP) is 1.24. The molecule has 0 saturated carbocycles. The van der Waals surface area contributed by atoms with Gasteiger partial charge in [-0.15, -0.1) is 0 Å². The van der Waals surface area contributed by atoms with Crippen LogP contribution >= 0.6 is 0 Å². The van der Waals surface area contributed by atoms with Crippen molar-refractivity contribution in [2.24, 2.45) is 7.05 Å². The zero-order valence-corrected chi connectivity index (χ0v) is 8.42. The number of nitrogens with zero attached hydrogens (tertiary/aromatic N) is 3. The first-order valence-corrected chi connectivity index (χ1v) is 4.66. The summed E-state index contributed by atoms with van der Waals surface area (Å²) in [5, 5.41) is 0. The summed E-state index contributed by atoms with van der Waals surface area (Å²) >= 11 is 0. The van der Waals surface area contributed by atoms with Crippen molar-refractivity contribution in [2.75, 3.05) is 0 Å². The Bertz CT molecular complexity index is 462. The lowest BCUT2D eigenvalue weighted by molar-refractivity contribution is 0.0985. The van der Waals surface area contributed by atoms with Gasteiger partial charge in [0.25, 0.3) is 0 Å². The highest BCUT2D eigenvalue weighted by atomic mass is 16.1. The average Bonchev–Trinajstić information content (AvgIpc) is 2.66. The first kappa shape index (κ1) is 9.58. The first-order chi connectivity index (χ1) is 7.27. The highest BCUT2D eigenvalue weighted by Gasteiger charge is 2.10. The van der Waals surface area contributed by atoms with Crippen LogP contribution in [0.4, 0.5) is 0 Å². The third-order valence-corrected chi connectivity index (χ3v) is 2.22. The highest BCUT2D eigenvalue weighted by molar-refractivity contribution is 5.95. The molecule has 0 aromatic carbocycles. The average molecular weight is 201 g/mol. The van der Waals surface area contributed by atoms with Crippen molar-refractivity contribution < 1.29 is 4.79 Å². The molecule has 0 aliphatic heterocycles. The van der Waals surface area contributed by atoms with Gasteiger partial charge < -0.3 is 4.57 Å². The summed E-state index contributed by atoms with van der Waals surface area (Å²) in [5.41, 5.74) is 1.60. The quantitative estimate of drug-likeness (QED) is 0.702. The number of aromatic nitrogens is 3. The van der Waals surface area contributed by atoms with Crippen molar-refractivity contribution in [3.8, 4) is 0 Å². The first-order valence-electron chi connectivity index (χ1n) is 4.66. The van der Waals surface area contributed by atoms with Gasteiger partial charge in [-0.05, 0) is 17.7 Å². The molecule has 2 aromatic rings. The Hall–Kier alpha value is -1.97. The standard InChI is InChI=1S/C11H11N3O/c1-14-8-13-7-10(14)11(15)6-9-2-4-12-5-3-9/h2-5,7-8H,6H2,1H3. The molecule has 0 radical (unpaired) electrons. The van der Waals surface area contributed by atoms with E-state index in [4.69, 9.17) is 0 Å². The second kappa shape index (κ2) is 4.04. The molecule has 2 aromatic heterocycles.